The molecule has 0 bridgehead atoms. The van der Waals surface area contributed by atoms with Gasteiger partial charge in [0.05, 0.1) is 18.4 Å². The van der Waals surface area contributed by atoms with E-state index in [-0.39, 0.29) is 0 Å². The summed E-state index contributed by atoms with van der Waals surface area (Å²) in [4.78, 5) is 10.7. The molecule has 2 rings (SSSR count). The van der Waals surface area contributed by atoms with Crippen LogP contribution in [0.15, 0.2) is 36.4 Å². The van der Waals surface area contributed by atoms with Gasteiger partial charge in [-0.2, -0.15) is 0 Å². The Bertz CT molecular complexity index is 636. The van der Waals surface area contributed by atoms with Crippen molar-refractivity contribution < 1.29 is 23.4 Å². The molecule has 0 heterocycles. The Kier molecular flexibility index (Phi) is 3.84. The van der Waals surface area contributed by atoms with Crippen LogP contribution in [-0.4, -0.2) is 18.2 Å². The predicted molar refractivity (Wildman–Crippen MR) is 69.6 cm³/mol. The molecular weight excluding hydrogens is 268 g/mol. The standard InChI is InChI=1S/C14H11F2NO3/c1-20-12-5-3-2-4-11(12)17-13-9(15)6-8(14(18)19)7-10(13)16/h2-7,17H,1H3,(H,18,19). The molecule has 0 saturated carbocycles. The van der Waals surface area contributed by atoms with E-state index in [4.69, 9.17) is 9.84 Å². The average Bonchev–Trinajstić information content (AvgIpc) is 2.42. The van der Waals surface area contributed by atoms with Gasteiger partial charge in [0.15, 0.2) is 11.6 Å². The molecule has 0 fully saturated rings. The quantitative estimate of drug-likeness (QED) is 0.900. The fourth-order valence-corrected chi connectivity index (χ4v) is 1.70. The van der Waals surface area contributed by atoms with E-state index >= 15 is 0 Å². The van der Waals surface area contributed by atoms with E-state index in [0.717, 1.165) is 12.1 Å². The largest absolute Gasteiger partial charge is 0.495 e. The Morgan fingerprint density at radius 3 is 2.35 bits per heavy atom. The molecular formula is C14H11F2NO3. The van der Waals surface area contributed by atoms with Gasteiger partial charge >= 0.3 is 5.97 Å². The SMILES string of the molecule is COc1ccccc1Nc1c(F)cc(C(=O)O)cc1F. The normalized spacial score (nSPS) is 10.2. The second kappa shape index (κ2) is 5.56. The summed E-state index contributed by atoms with van der Waals surface area (Å²) in [5.74, 6) is -2.97. The monoisotopic (exact) mass is 279 g/mol. The lowest BCUT2D eigenvalue weighted by molar-refractivity contribution is 0.0696. The summed E-state index contributed by atoms with van der Waals surface area (Å²) in [5, 5.41) is 11.3. The third kappa shape index (κ3) is 2.69. The number of benzene rings is 2. The van der Waals surface area contributed by atoms with Gasteiger partial charge in [-0.15, -0.1) is 0 Å². The minimum absolute atomic E-state index is 0.371. The lowest BCUT2D eigenvalue weighted by Crippen LogP contribution is -2.04. The molecule has 2 N–H and O–H groups in total. The number of hydrogen-bond acceptors (Lipinski definition) is 3. The molecule has 0 aromatic heterocycles. The maximum Gasteiger partial charge on any atom is 0.335 e. The number of carboxylic acids is 1. The van der Waals surface area contributed by atoms with Crippen LogP contribution in [0.4, 0.5) is 20.2 Å². The smallest absolute Gasteiger partial charge is 0.335 e. The van der Waals surface area contributed by atoms with Crippen molar-refractivity contribution in [1.29, 1.82) is 0 Å². The molecule has 4 nitrogen and oxygen atoms in total. The van der Waals surface area contributed by atoms with E-state index in [1.54, 1.807) is 24.3 Å². The van der Waals surface area contributed by atoms with E-state index in [2.05, 4.69) is 5.32 Å². The molecule has 0 atom stereocenters. The second-order valence-corrected chi connectivity index (χ2v) is 3.95. The van der Waals surface area contributed by atoms with Crippen LogP contribution in [0.25, 0.3) is 0 Å². The lowest BCUT2D eigenvalue weighted by atomic mass is 10.1. The summed E-state index contributed by atoms with van der Waals surface area (Å²) in [6.45, 7) is 0. The minimum atomic E-state index is -1.40. The first-order valence-electron chi connectivity index (χ1n) is 5.65. The fourth-order valence-electron chi connectivity index (χ4n) is 1.70. The molecule has 0 aliphatic carbocycles. The summed E-state index contributed by atoms with van der Waals surface area (Å²) >= 11 is 0. The second-order valence-electron chi connectivity index (χ2n) is 3.95. The summed E-state index contributed by atoms with van der Waals surface area (Å²) in [6.07, 6.45) is 0. The number of ether oxygens (including phenoxy) is 1. The Hall–Kier alpha value is -2.63. The average molecular weight is 279 g/mol. The molecule has 0 aliphatic heterocycles. The minimum Gasteiger partial charge on any atom is -0.495 e. The van der Waals surface area contributed by atoms with Crippen LogP contribution in [0.5, 0.6) is 5.75 Å². The first-order chi connectivity index (χ1) is 9.52. The third-order valence-corrected chi connectivity index (χ3v) is 2.66. The van der Waals surface area contributed by atoms with Crippen LogP contribution in [0.3, 0.4) is 0 Å². The number of nitrogens with one attached hydrogen (secondary N) is 1. The molecule has 0 aliphatic rings. The molecule has 0 saturated heterocycles. The van der Waals surface area contributed by atoms with Crippen LogP contribution in [-0.2, 0) is 0 Å². The number of rotatable bonds is 4. The van der Waals surface area contributed by atoms with E-state index < -0.39 is 28.9 Å². The van der Waals surface area contributed by atoms with Crippen molar-refractivity contribution in [3.05, 3.63) is 53.6 Å². The Morgan fingerprint density at radius 2 is 1.80 bits per heavy atom. The molecule has 0 radical (unpaired) electrons. The van der Waals surface area contributed by atoms with Crippen LogP contribution in [0.2, 0.25) is 0 Å². The topological polar surface area (TPSA) is 58.6 Å². The summed E-state index contributed by atoms with van der Waals surface area (Å²) < 4.78 is 32.6. The van der Waals surface area contributed by atoms with Gasteiger partial charge in [0.2, 0.25) is 0 Å². The lowest BCUT2D eigenvalue weighted by Gasteiger charge is -2.12. The highest BCUT2D eigenvalue weighted by Gasteiger charge is 2.15. The van der Waals surface area contributed by atoms with Crippen molar-refractivity contribution in [2.45, 2.75) is 0 Å². The van der Waals surface area contributed by atoms with E-state index in [9.17, 15) is 13.6 Å². The van der Waals surface area contributed by atoms with Crippen molar-refractivity contribution in [2.24, 2.45) is 0 Å². The molecule has 0 amide bonds. The molecule has 6 heteroatoms. The van der Waals surface area contributed by atoms with Crippen molar-refractivity contribution >= 4 is 17.3 Å². The predicted octanol–water partition coefficient (Wildman–Crippen LogP) is 3.42. The Morgan fingerprint density at radius 1 is 1.20 bits per heavy atom. The number of carboxylic acid groups (broad SMARTS) is 1. The number of halogens is 2. The number of anilines is 2. The molecule has 20 heavy (non-hydrogen) atoms. The van der Waals surface area contributed by atoms with Gasteiger partial charge in [-0.1, -0.05) is 12.1 Å². The zero-order valence-electron chi connectivity index (χ0n) is 10.5. The summed E-state index contributed by atoms with van der Waals surface area (Å²) in [7, 11) is 1.43. The van der Waals surface area contributed by atoms with E-state index in [1.165, 1.54) is 7.11 Å². The van der Waals surface area contributed by atoms with E-state index in [1.807, 2.05) is 0 Å². The Balaban J connectivity index is 2.41. The molecule has 0 spiro atoms. The number of hydrogen-bond donors (Lipinski definition) is 2. The van der Waals surface area contributed by atoms with Gasteiger partial charge in [-0.25, -0.2) is 13.6 Å². The third-order valence-electron chi connectivity index (χ3n) is 2.66. The summed E-state index contributed by atoms with van der Waals surface area (Å²) in [6, 6.07) is 8.11. The first kappa shape index (κ1) is 13.8. The molecule has 2 aromatic rings. The van der Waals surface area contributed by atoms with Crippen molar-refractivity contribution in [3.63, 3.8) is 0 Å². The van der Waals surface area contributed by atoms with Gasteiger partial charge in [-0.3, -0.25) is 0 Å². The first-order valence-corrected chi connectivity index (χ1v) is 5.65. The summed E-state index contributed by atoms with van der Waals surface area (Å²) in [5.41, 5.74) is -0.513. The van der Waals surface area contributed by atoms with Gasteiger partial charge in [0.1, 0.15) is 11.4 Å². The highest BCUT2D eigenvalue weighted by molar-refractivity contribution is 5.88. The number of methoxy groups -OCH3 is 1. The van der Waals surface area contributed by atoms with Crippen molar-refractivity contribution in [3.8, 4) is 5.75 Å². The molecule has 0 unspecified atom stereocenters. The number of aromatic carboxylic acids is 1. The zero-order valence-corrected chi connectivity index (χ0v) is 10.5. The van der Waals surface area contributed by atoms with Gasteiger partial charge in [0.25, 0.3) is 0 Å². The number of para-hydroxylation sites is 2. The van der Waals surface area contributed by atoms with Crippen LogP contribution >= 0.6 is 0 Å². The van der Waals surface area contributed by atoms with Crippen molar-refractivity contribution in [2.75, 3.05) is 12.4 Å². The highest BCUT2D eigenvalue weighted by atomic mass is 19.1. The maximum absolute atomic E-state index is 13.8. The zero-order chi connectivity index (χ0) is 14.7. The van der Waals surface area contributed by atoms with Gasteiger partial charge < -0.3 is 15.2 Å². The fraction of sp³-hybridized carbons (Fsp3) is 0.0714. The van der Waals surface area contributed by atoms with Crippen LogP contribution < -0.4 is 10.1 Å². The van der Waals surface area contributed by atoms with E-state index in [0.29, 0.717) is 11.4 Å². The van der Waals surface area contributed by atoms with Crippen molar-refractivity contribution in [1.82, 2.24) is 0 Å². The number of carbonyl (C=O) groups is 1. The van der Waals surface area contributed by atoms with Crippen LogP contribution in [0.1, 0.15) is 10.4 Å². The molecule has 104 valence electrons. The highest BCUT2D eigenvalue weighted by Crippen LogP contribution is 2.30. The molecule has 2 aromatic carbocycles. The van der Waals surface area contributed by atoms with Gasteiger partial charge in [-0.05, 0) is 24.3 Å². The Labute approximate surface area is 113 Å². The van der Waals surface area contributed by atoms with Gasteiger partial charge in [0, 0.05) is 0 Å². The maximum atomic E-state index is 13.8. The van der Waals surface area contributed by atoms with Crippen LogP contribution in [0, 0.1) is 11.6 Å².